The summed E-state index contributed by atoms with van der Waals surface area (Å²) in [5.74, 6) is -0.380. The van der Waals surface area contributed by atoms with Gasteiger partial charge in [-0.15, -0.1) is 0 Å². The van der Waals surface area contributed by atoms with E-state index in [1.54, 1.807) is 4.90 Å². The van der Waals surface area contributed by atoms with Gasteiger partial charge in [-0.25, -0.2) is 9.18 Å². The Hall–Kier alpha value is -2.64. The van der Waals surface area contributed by atoms with Crippen molar-refractivity contribution < 1.29 is 18.8 Å². The van der Waals surface area contributed by atoms with Gasteiger partial charge in [-0.3, -0.25) is 9.59 Å². The summed E-state index contributed by atoms with van der Waals surface area (Å²) in [6.45, 7) is 2.38. The molecular weight excluding hydrogens is 423 g/mol. The van der Waals surface area contributed by atoms with Gasteiger partial charge < -0.3 is 20.4 Å². The van der Waals surface area contributed by atoms with Crippen LogP contribution in [-0.2, 0) is 4.79 Å². The van der Waals surface area contributed by atoms with E-state index in [4.69, 9.17) is 0 Å². The van der Waals surface area contributed by atoms with E-state index in [1.807, 2.05) is 4.90 Å². The Morgan fingerprint density at radius 2 is 1.27 bits per heavy atom. The monoisotopic (exact) mass is 458 g/mol. The lowest BCUT2D eigenvalue weighted by Gasteiger charge is -2.37. The number of rotatable bonds is 4. The van der Waals surface area contributed by atoms with Gasteiger partial charge in [0.1, 0.15) is 5.82 Å². The molecule has 1 aromatic rings. The average Bonchev–Trinajstić information content (AvgIpc) is 2.85. The first kappa shape index (κ1) is 23.5. The molecule has 180 valence electrons. The van der Waals surface area contributed by atoms with E-state index in [0.29, 0.717) is 50.6 Å². The number of nitrogens with one attached hydrogen (secondary N) is 2. The van der Waals surface area contributed by atoms with E-state index in [-0.39, 0.29) is 35.6 Å². The fourth-order valence-electron chi connectivity index (χ4n) is 5.27. The minimum absolute atomic E-state index is 0.0682. The molecule has 0 radical (unpaired) electrons. The molecule has 2 saturated heterocycles. The summed E-state index contributed by atoms with van der Waals surface area (Å²) in [5.41, 5.74) is 0.475. The number of carbonyl (C=O) groups is 3. The number of nitrogens with zero attached hydrogens (tertiary/aromatic N) is 2. The molecule has 4 amide bonds. The van der Waals surface area contributed by atoms with Crippen LogP contribution in [-0.4, -0.2) is 65.9 Å². The van der Waals surface area contributed by atoms with Gasteiger partial charge in [0.15, 0.2) is 0 Å². The lowest BCUT2D eigenvalue weighted by atomic mass is 9.93. The molecule has 8 heteroatoms. The highest BCUT2D eigenvalue weighted by molar-refractivity contribution is 5.94. The Morgan fingerprint density at radius 3 is 1.88 bits per heavy atom. The van der Waals surface area contributed by atoms with Crippen molar-refractivity contribution in [3.8, 4) is 0 Å². The second kappa shape index (κ2) is 11.0. The topological polar surface area (TPSA) is 81.8 Å². The van der Waals surface area contributed by atoms with Gasteiger partial charge in [-0.2, -0.15) is 0 Å². The predicted molar refractivity (Wildman–Crippen MR) is 123 cm³/mol. The molecule has 0 spiro atoms. The van der Waals surface area contributed by atoms with Crippen molar-refractivity contribution in [1.82, 2.24) is 20.4 Å². The second-order valence-electron chi connectivity index (χ2n) is 9.63. The zero-order valence-corrected chi connectivity index (χ0v) is 19.2. The Bertz CT molecular complexity index is 825. The molecule has 3 fully saturated rings. The molecule has 0 atom stereocenters. The van der Waals surface area contributed by atoms with Crippen LogP contribution in [0.15, 0.2) is 24.3 Å². The largest absolute Gasteiger partial charge is 0.342 e. The summed E-state index contributed by atoms with van der Waals surface area (Å²) in [7, 11) is 0. The molecule has 1 aromatic carbocycles. The minimum Gasteiger partial charge on any atom is -0.342 e. The van der Waals surface area contributed by atoms with Crippen molar-refractivity contribution in [3.05, 3.63) is 35.6 Å². The lowest BCUT2D eigenvalue weighted by molar-refractivity contribution is -0.138. The summed E-state index contributed by atoms with van der Waals surface area (Å²) in [5, 5.41) is 6.19. The van der Waals surface area contributed by atoms with Crippen LogP contribution >= 0.6 is 0 Å². The van der Waals surface area contributed by atoms with Crippen molar-refractivity contribution in [2.75, 3.05) is 26.2 Å². The standard InChI is InChI=1S/C25H35FN4O3/c26-20-8-6-18(7-9-20)23(31)29-14-10-19(11-15-29)24(32)30-16-12-22(13-17-30)28-25(33)27-21-4-2-1-3-5-21/h6-9,19,21-22H,1-5,10-17H2,(H2,27,28,33). The Kier molecular flexibility index (Phi) is 7.83. The maximum Gasteiger partial charge on any atom is 0.315 e. The molecule has 4 rings (SSSR count). The average molecular weight is 459 g/mol. The molecule has 33 heavy (non-hydrogen) atoms. The molecule has 2 aliphatic heterocycles. The first-order valence-corrected chi connectivity index (χ1v) is 12.4. The van der Waals surface area contributed by atoms with Crippen molar-refractivity contribution in [3.63, 3.8) is 0 Å². The quantitative estimate of drug-likeness (QED) is 0.726. The zero-order valence-electron chi connectivity index (χ0n) is 19.2. The van der Waals surface area contributed by atoms with Gasteiger partial charge in [0.05, 0.1) is 0 Å². The number of benzene rings is 1. The van der Waals surface area contributed by atoms with Crippen LogP contribution in [0.3, 0.4) is 0 Å². The number of carbonyl (C=O) groups excluding carboxylic acids is 3. The SMILES string of the molecule is O=C(NC1CCCCC1)NC1CCN(C(=O)C2CCN(C(=O)c3ccc(F)cc3)CC2)CC1. The van der Waals surface area contributed by atoms with Crippen molar-refractivity contribution in [2.24, 2.45) is 5.92 Å². The van der Waals surface area contributed by atoms with Crippen LogP contribution in [0.1, 0.15) is 68.1 Å². The smallest absolute Gasteiger partial charge is 0.315 e. The van der Waals surface area contributed by atoms with E-state index in [1.165, 1.54) is 43.5 Å². The van der Waals surface area contributed by atoms with Crippen molar-refractivity contribution in [2.45, 2.75) is 69.9 Å². The molecular formula is C25H35FN4O3. The van der Waals surface area contributed by atoms with Crippen LogP contribution in [0.2, 0.25) is 0 Å². The highest BCUT2D eigenvalue weighted by Crippen LogP contribution is 2.23. The summed E-state index contributed by atoms with van der Waals surface area (Å²) < 4.78 is 13.1. The Morgan fingerprint density at radius 1 is 0.727 bits per heavy atom. The molecule has 2 N–H and O–H groups in total. The van der Waals surface area contributed by atoms with Gasteiger partial charge in [-0.1, -0.05) is 19.3 Å². The number of amides is 4. The number of likely N-dealkylation sites (tertiary alicyclic amines) is 2. The molecule has 0 unspecified atom stereocenters. The maximum absolute atomic E-state index is 13.1. The molecule has 3 aliphatic rings. The van der Waals surface area contributed by atoms with E-state index in [0.717, 1.165) is 25.7 Å². The van der Waals surface area contributed by atoms with E-state index >= 15 is 0 Å². The third-order valence-corrected chi connectivity index (χ3v) is 7.30. The first-order chi connectivity index (χ1) is 16.0. The van der Waals surface area contributed by atoms with Crippen LogP contribution in [0.5, 0.6) is 0 Å². The second-order valence-corrected chi connectivity index (χ2v) is 9.63. The minimum atomic E-state index is -0.361. The number of piperidine rings is 2. The van der Waals surface area contributed by atoms with Gasteiger partial charge >= 0.3 is 6.03 Å². The predicted octanol–water partition coefficient (Wildman–Crippen LogP) is 3.30. The summed E-state index contributed by atoms with van der Waals surface area (Å²) >= 11 is 0. The third kappa shape index (κ3) is 6.24. The molecule has 0 bridgehead atoms. The van der Waals surface area contributed by atoms with Gasteiger partial charge in [0, 0.05) is 49.7 Å². The third-order valence-electron chi connectivity index (χ3n) is 7.30. The summed E-state index contributed by atoms with van der Waals surface area (Å²) in [4.78, 5) is 41.6. The van der Waals surface area contributed by atoms with Gasteiger partial charge in [0.2, 0.25) is 5.91 Å². The number of halogens is 1. The van der Waals surface area contributed by atoms with Crippen molar-refractivity contribution in [1.29, 1.82) is 0 Å². The van der Waals surface area contributed by atoms with E-state index in [2.05, 4.69) is 10.6 Å². The number of hydrogen-bond donors (Lipinski definition) is 2. The Balaban J connectivity index is 1.17. The van der Waals surface area contributed by atoms with Gasteiger partial charge in [0.25, 0.3) is 5.91 Å². The van der Waals surface area contributed by atoms with E-state index in [9.17, 15) is 18.8 Å². The Labute approximate surface area is 195 Å². The molecule has 2 heterocycles. The molecule has 1 saturated carbocycles. The first-order valence-electron chi connectivity index (χ1n) is 12.4. The number of hydrogen-bond acceptors (Lipinski definition) is 3. The maximum atomic E-state index is 13.1. The fourth-order valence-corrected chi connectivity index (χ4v) is 5.27. The van der Waals surface area contributed by atoms with Crippen LogP contribution in [0, 0.1) is 11.7 Å². The summed E-state index contributed by atoms with van der Waals surface area (Å²) in [6.07, 6.45) is 8.59. The van der Waals surface area contributed by atoms with E-state index < -0.39 is 0 Å². The summed E-state index contributed by atoms with van der Waals surface area (Å²) in [6, 6.07) is 5.91. The van der Waals surface area contributed by atoms with Crippen LogP contribution in [0.4, 0.5) is 9.18 Å². The zero-order chi connectivity index (χ0) is 23.2. The number of urea groups is 1. The fraction of sp³-hybridized carbons (Fsp3) is 0.640. The molecule has 7 nitrogen and oxygen atoms in total. The van der Waals surface area contributed by atoms with Crippen molar-refractivity contribution >= 4 is 17.8 Å². The van der Waals surface area contributed by atoms with Crippen LogP contribution in [0.25, 0.3) is 0 Å². The van der Waals surface area contributed by atoms with Gasteiger partial charge in [-0.05, 0) is 62.8 Å². The molecule has 0 aromatic heterocycles. The normalized spacial score (nSPS) is 21.0. The molecule has 1 aliphatic carbocycles. The highest BCUT2D eigenvalue weighted by Gasteiger charge is 2.32. The lowest BCUT2D eigenvalue weighted by Crippen LogP contribution is -2.52. The van der Waals surface area contributed by atoms with Crippen LogP contribution < -0.4 is 10.6 Å². The highest BCUT2D eigenvalue weighted by atomic mass is 19.1.